The topological polar surface area (TPSA) is 86.7 Å². The second-order valence-corrected chi connectivity index (χ2v) is 8.01. The van der Waals surface area contributed by atoms with Crippen molar-refractivity contribution in [3.05, 3.63) is 0 Å². The van der Waals surface area contributed by atoms with Crippen LogP contribution in [0, 0.1) is 0 Å². The Morgan fingerprint density at radius 3 is 1.54 bits per heavy atom. The number of hydrogen-bond acceptors (Lipinski definition) is 6. The van der Waals surface area contributed by atoms with E-state index in [1.165, 1.54) is 0 Å². The average Bonchev–Trinajstić information content (AvgIpc) is 2.01. The van der Waals surface area contributed by atoms with Crippen LogP contribution >= 0.6 is 23.2 Å². The van der Waals surface area contributed by atoms with Crippen molar-refractivity contribution in [2.24, 2.45) is 0 Å². The largest absolute Gasteiger partial charge is 0.368 e. The lowest BCUT2D eigenvalue weighted by atomic mass is 10.8. The molecule has 1 aliphatic heterocycles. The summed E-state index contributed by atoms with van der Waals surface area (Å²) in [7, 11) is -9.17. The molecular weight excluding hydrogens is 267 g/mol. The summed E-state index contributed by atoms with van der Waals surface area (Å²) in [6.07, 6.45) is 0. The molecule has 0 saturated carbocycles. The molecule has 0 unspecified atom stereocenters. The fourth-order valence-corrected chi connectivity index (χ4v) is 3.22. The van der Waals surface area contributed by atoms with Crippen molar-refractivity contribution in [2.45, 2.75) is 3.00 Å². The van der Waals surface area contributed by atoms with E-state index in [0.29, 0.717) is 0 Å². The van der Waals surface area contributed by atoms with Crippen LogP contribution in [0.25, 0.3) is 0 Å². The van der Waals surface area contributed by atoms with E-state index >= 15 is 0 Å². The van der Waals surface area contributed by atoms with Gasteiger partial charge < -0.3 is 0 Å². The van der Waals surface area contributed by atoms with Crippen LogP contribution in [-0.4, -0.2) is 33.0 Å². The van der Waals surface area contributed by atoms with Crippen molar-refractivity contribution in [1.82, 2.24) is 0 Å². The smallest absolute Gasteiger partial charge is 0.264 e. The zero-order valence-electron chi connectivity index (χ0n) is 5.94. The summed E-state index contributed by atoms with van der Waals surface area (Å²) in [5.41, 5.74) is 0. The molecule has 1 heterocycles. The summed E-state index contributed by atoms with van der Waals surface area (Å²) in [5, 5.41) is 0. The maximum absolute atomic E-state index is 11.0. The van der Waals surface area contributed by atoms with Gasteiger partial charge in [-0.2, -0.15) is 16.8 Å². The minimum atomic E-state index is -4.59. The van der Waals surface area contributed by atoms with E-state index in [0.717, 1.165) is 0 Å². The quantitative estimate of drug-likeness (QED) is 0.447. The molecule has 0 aliphatic carbocycles. The summed E-state index contributed by atoms with van der Waals surface area (Å²) < 4.78 is 49.2. The Balaban J connectivity index is 3.36. The fraction of sp³-hybridized carbons (Fsp3) is 1.00. The molecule has 78 valence electrons. The molecule has 0 spiro atoms. The highest BCUT2D eigenvalue weighted by Crippen LogP contribution is 2.38. The molecule has 0 aromatic heterocycles. The molecule has 13 heavy (non-hydrogen) atoms. The molecule has 0 atom stereocenters. The van der Waals surface area contributed by atoms with Gasteiger partial charge in [-0.1, -0.05) is 23.2 Å². The van der Waals surface area contributed by atoms with Gasteiger partial charge in [-0.3, -0.25) is 8.37 Å². The number of rotatable bonds is 0. The first-order chi connectivity index (χ1) is 5.71. The Labute approximate surface area is 85.0 Å². The maximum atomic E-state index is 11.0. The van der Waals surface area contributed by atoms with Crippen molar-refractivity contribution in [3.63, 3.8) is 0 Å². The monoisotopic (exact) mass is 270 g/mol. The molecule has 1 fully saturated rings. The Morgan fingerprint density at radius 2 is 1.23 bits per heavy atom. The molecule has 0 amide bonds. The van der Waals surface area contributed by atoms with Gasteiger partial charge in [0.25, 0.3) is 0 Å². The van der Waals surface area contributed by atoms with Crippen LogP contribution < -0.4 is 0 Å². The minimum absolute atomic E-state index is 0.442. The van der Waals surface area contributed by atoms with E-state index < -0.39 is 36.4 Å². The summed E-state index contributed by atoms with van der Waals surface area (Å²) >= 11 is 10.2. The van der Waals surface area contributed by atoms with Crippen molar-refractivity contribution in [3.8, 4) is 0 Å². The lowest BCUT2D eigenvalue weighted by Gasteiger charge is -2.13. The predicted octanol–water partition coefficient (Wildman–Crippen LogP) is -0.218. The average molecular weight is 271 g/mol. The van der Waals surface area contributed by atoms with Crippen molar-refractivity contribution in [1.29, 1.82) is 0 Å². The molecule has 1 rings (SSSR count). The van der Waals surface area contributed by atoms with Crippen LogP contribution in [0.5, 0.6) is 0 Å². The summed E-state index contributed by atoms with van der Waals surface area (Å²) in [5.74, 6) is 0. The molecule has 0 bridgehead atoms. The highest BCUT2D eigenvalue weighted by molar-refractivity contribution is 8.10. The van der Waals surface area contributed by atoms with E-state index in [9.17, 15) is 16.8 Å². The Morgan fingerprint density at radius 1 is 0.923 bits per heavy atom. The van der Waals surface area contributed by atoms with E-state index in [1.54, 1.807) is 0 Å². The van der Waals surface area contributed by atoms with Crippen LogP contribution in [0.1, 0.15) is 0 Å². The van der Waals surface area contributed by atoms with Crippen LogP contribution in [0.3, 0.4) is 0 Å². The molecule has 10 heteroatoms. The SMILES string of the molecule is O=S1(=O)OCCOS(=O)(=O)C1(Cl)Cl. The minimum Gasteiger partial charge on any atom is -0.264 e. The van der Waals surface area contributed by atoms with Crippen LogP contribution in [0.15, 0.2) is 0 Å². The van der Waals surface area contributed by atoms with Crippen molar-refractivity contribution >= 4 is 43.4 Å². The van der Waals surface area contributed by atoms with Gasteiger partial charge in [0.1, 0.15) is 0 Å². The third-order valence-electron chi connectivity index (χ3n) is 1.14. The molecular formula is C3H4Cl2O6S2. The molecule has 0 aromatic rings. The standard InChI is InChI=1S/C3H4Cl2O6S2/c4-3(5)12(6,7)10-1-2-11-13(3,8)9/h1-2H2. The molecule has 0 aromatic carbocycles. The van der Waals surface area contributed by atoms with Crippen LogP contribution in [-0.2, 0) is 28.6 Å². The van der Waals surface area contributed by atoms with E-state index in [4.69, 9.17) is 23.2 Å². The maximum Gasteiger partial charge on any atom is 0.368 e. The Bertz CT molecular complexity index is 356. The highest BCUT2D eigenvalue weighted by atomic mass is 35.5. The van der Waals surface area contributed by atoms with Crippen molar-refractivity contribution < 1.29 is 25.2 Å². The lowest BCUT2D eigenvalue weighted by molar-refractivity contribution is 0.237. The zero-order valence-corrected chi connectivity index (χ0v) is 9.08. The Kier molecular flexibility index (Phi) is 2.83. The molecule has 1 aliphatic rings. The van der Waals surface area contributed by atoms with Crippen LogP contribution in [0.2, 0.25) is 0 Å². The molecule has 0 N–H and O–H groups in total. The van der Waals surface area contributed by atoms with Gasteiger partial charge in [0, 0.05) is 0 Å². The van der Waals surface area contributed by atoms with Crippen molar-refractivity contribution in [2.75, 3.05) is 13.2 Å². The van der Waals surface area contributed by atoms with Crippen LogP contribution in [0.4, 0.5) is 0 Å². The first-order valence-electron chi connectivity index (χ1n) is 2.86. The summed E-state index contributed by atoms with van der Waals surface area (Å²) in [4.78, 5) is 0. The zero-order chi connectivity index (χ0) is 10.3. The highest BCUT2D eigenvalue weighted by Gasteiger charge is 2.56. The van der Waals surface area contributed by atoms with Gasteiger partial charge in [-0.25, -0.2) is 0 Å². The van der Waals surface area contributed by atoms with Gasteiger partial charge in [-0.05, 0) is 0 Å². The lowest BCUT2D eigenvalue weighted by Crippen LogP contribution is -2.35. The summed E-state index contributed by atoms with van der Waals surface area (Å²) in [6, 6.07) is 0. The second-order valence-electron chi connectivity index (χ2n) is 2.02. The van der Waals surface area contributed by atoms with E-state index in [-0.39, 0.29) is 0 Å². The first-order valence-corrected chi connectivity index (χ1v) is 6.44. The number of alkyl halides is 2. The molecule has 1 saturated heterocycles. The number of hydrogen-bond donors (Lipinski definition) is 0. The van der Waals surface area contributed by atoms with E-state index in [2.05, 4.69) is 8.37 Å². The van der Waals surface area contributed by atoms with Gasteiger partial charge in [0.2, 0.25) is 0 Å². The normalized spacial score (nSPS) is 30.6. The van der Waals surface area contributed by atoms with Gasteiger partial charge in [-0.15, -0.1) is 0 Å². The predicted molar refractivity (Wildman–Crippen MR) is 44.2 cm³/mol. The van der Waals surface area contributed by atoms with Gasteiger partial charge in [0.05, 0.1) is 13.2 Å². The molecule has 0 radical (unpaired) electrons. The summed E-state index contributed by atoms with van der Waals surface area (Å²) in [6.45, 7) is -0.883. The first kappa shape index (κ1) is 11.5. The molecule has 6 nitrogen and oxygen atoms in total. The van der Waals surface area contributed by atoms with E-state index in [1.807, 2.05) is 0 Å². The number of halogens is 2. The van der Waals surface area contributed by atoms with Gasteiger partial charge in [0.15, 0.2) is 0 Å². The van der Waals surface area contributed by atoms with Gasteiger partial charge >= 0.3 is 23.2 Å². The third-order valence-corrected chi connectivity index (χ3v) is 6.75. The second kappa shape index (κ2) is 3.21. The third kappa shape index (κ3) is 1.79. The Hall–Kier alpha value is 0.400. The fourth-order valence-electron chi connectivity index (χ4n) is 0.550.